The van der Waals surface area contributed by atoms with Crippen molar-refractivity contribution in [1.29, 1.82) is 0 Å². The second kappa shape index (κ2) is 4.08. The molecule has 2 nitrogen and oxygen atoms in total. The van der Waals surface area contributed by atoms with E-state index in [1.807, 2.05) is 0 Å². The van der Waals surface area contributed by atoms with Crippen molar-refractivity contribution in [2.75, 3.05) is 0 Å². The number of carbonyl (C=O) groups is 1. The van der Waals surface area contributed by atoms with E-state index in [1.54, 1.807) is 0 Å². The van der Waals surface area contributed by atoms with Crippen LogP contribution in [0.15, 0.2) is 0 Å². The minimum absolute atomic E-state index is 0.0658. The summed E-state index contributed by atoms with van der Waals surface area (Å²) in [6.07, 6.45) is 8.13. The molecular formula is C15H24O2. The lowest BCUT2D eigenvalue weighted by atomic mass is 9.82. The lowest BCUT2D eigenvalue weighted by Crippen LogP contribution is -2.35. The van der Waals surface area contributed by atoms with Crippen LogP contribution in [0.2, 0.25) is 0 Å². The molecule has 0 spiro atoms. The molecule has 0 aliphatic heterocycles. The summed E-state index contributed by atoms with van der Waals surface area (Å²) >= 11 is 0. The lowest BCUT2D eigenvalue weighted by molar-refractivity contribution is -0.140. The van der Waals surface area contributed by atoms with E-state index in [2.05, 4.69) is 13.8 Å². The van der Waals surface area contributed by atoms with Crippen LogP contribution in [0.1, 0.15) is 58.8 Å². The quantitative estimate of drug-likeness (QED) is 0.735. The van der Waals surface area contributed by atoms with Crippen molar-refractivity contribution in [2.24, 2.45) is 17.3 Å². The van der Waals surface area contributed by atoms with Crippen LogP contribution in [-0.4, -0.2) is 18.0 Å². The molecule has 0 radical (unpaired) electrons. The third-order valence-corrected chi connectivity index (χ3v) is 5.64. The number of ether oxygens (including phenoxy) is 1. The van der Waals surface area contributed by atoms with Gasteiger partial charge >= 0.3 is 0 Å². The molecule has 17 heavy (non-hydrogen) atoms. The number of Topliss-reactive ketones (excluding diaryl/α,β-unsaturated/α-hetero) is 1. The average Bonchev–Trinajstić information content (AvgIpc) is 2.70. The van der Waals surface area contributed by atoms with Crippen LogP contribution in [0.5, 0.6) is 0 Å². The van der Waals surface area contributed by atoms with E-state index in [4.69, 9.17) is 4.74 Å². The second-order valence-electron chi connectivity index (χ2n) is 6.81. The number of fused-ring (bicyclic) bond motifs is 2. The Bertz CT molecular complexity index is 321. The molecule has 0 amide bonds. The Morgan fingerprint density at radius 3 is 2.59 bits per heavy atom. The highest BCUT2D eigenvalue weighted by Crippen LogP contribution is 2.58. The van der Waals surface area contributed by atoms with Gasteiger partial charge in [0.25, 0.3) is 0 Å². The molecule has 3 saturated carbocycles. The van der Waals surface area contributed by atoms with E-state index in [-0.39, 0.29) is 6.10 Å². The first-order chi connectivity index (χ1) is 8.09. The van der Waals surface area contributed by atoms with E-state index in [1.165, 1.54) is 25.7 Å². The molecule has 4 unspecified atom stereocenters. The van der Waals surface area contributed by atoms with Crippen molar-refractivity contribution in [1.82, 2.24) is 0 Å². The first kappa shape index (κ1) is 11.7. The predicted octanol–water partition coefficient (Wildman–Crippen LogP) is 3.34. The van der Waals surface area contributed by atoms with Crippen LogP contribution in [0, 0.1) is 17.3 Å². The van der Waals surface area contributed by atoms with Crippen LogP contribution in [0.4, 0.5) is 0 Å². The van der Waals surface area contributed by atoms with Crippen molar-refractivity contribution in [3.63, 3.8) is 0 Å². The van der Waals surface area contributed by atoms with Crippen LogP contribution in [-0.2, 0) is 9.53 Å². The monoisotopic (exact) mass is 236 g/mol. The van der Waals surface area contributed by atoms with Crippen LogP contribution < -0.4 is 0 Å². The molecule has 0 saturated heterocycles. The topological polar surface area (TPSA) is 26.3 Å². The summed E-state index contributed by atoms with van der Waals surface area (Å²) in [4.78, 5) is 11.8. The Kier molecular flexibility index (Phi) is 2.81. The normalized spacial score (nSPS) is 44.2. The van der Waals surface area contributed by atoms with E-state index in [0.717, 1.165) is 25.2 Å². The summed E-state index contributed by atoms with van der Waals surface area (Å²) in [5, 5.41) is 0. The van der Waals surface area contributed by atoms with Gasteiger partial charge in [-0.25, -0.2) is 0 Å². The van der Waals surface area contributed by atoms with Crippen LogP contribution >= 0.6 is 0 Å². The fraction of sp³-hybridized carbons (Fsp3) is 0.933. The highest BCUT2D eigenvalue weighted by Gasteiger charge is 2.54. The molecule has 0 heterocycles. The van der Waals surface area contributed by atoms with Gasteiger partial charge in [-0.3, -0.25) is 4.79 Å². The Balaban J connectivity index is 1.65. The number of hydrogen-bond acceptors (Lipinski definition) is 2. The van der Waals surface area contributed by atoms with Gasteiger partial charge in [-0.1, -0.05) is 13.8 Å². The SMILES string of the molecule is CC1(C)C2CCC1C(OC1CCCCC1=O)C2. The van der Waals surface area contributed by atoms with Gasteiger partial charge < -0.3 is 4.74 Å². The Hall–Kier alpha value is -0.370. The summed E-state index contributed by atoms with van der Waals surface area (Å²) in [5.41, 5.74) is 0.447. The van der Waals surface area contributed by atoms with Gasteiger partial charge in [-0.05, 0) is 55.8 Å². The highest BCUT2D eigenvalue weighted by atomic mass is 16.5. The highest BCUT2D eigenvalue weighted by molar-refractivity contribution is 5.83. The van der Waals surface area contributed by atoms with Gasteiger partial charge in [0.05, 0.1) is 6.10 Å². The maximum atomic E-state index is 11.8. The van der Waals surface area contributed by atoms with Gasteiger partial charge in [-0.15, -0.1) is 0 Å². The minimum atomic E-state index is -0.0658. The third-order valence-electron chi connectivity index (χ3n) is 5.64. The Labute approximate surface area is 104 Å². The van der Waals surface area contributed by atoms with Gasteiger partial charge in [0.15, 0.2) is 5.78 Å². The largest absolute Gasteiger partial charge is 0.367 e. The number of ketones is 1. The maximum Gasteiger partial charge on any atom is 0.161 e. The van der Waals surface area contributed by atoms with Crippen molar-refractivity contribution in [3.8, 4) is 0 Å². The van der Waals surface area contributed by atoms with Crippen molar-refractivity contribution >= 4 is 5.78 Å². The van der Waals surface area contributed by atoms with Gasteiger partial charge in [0, 0.05) is 6.42 Å². The summed E-state index contributed by atoms with van der Waals surface area (Å²) in [5.74, 6) is 1.88. The molecule has 3 rings (SSSR count). The molecule has 4 atom stereocenters. The summed E-state index contributed by atoms with van der Waals surface area (Å²) < 4.78 is 6.18. The molecule has 0 N–H and O–H groups in total. The first-order valence-corrected chi connectivity index (χ1v) is 7.27. The standard InChI is InChI=1S/C15H24O2/c1-15(2)10-7-8-11(15)14(9-10)17-13-6-4-3-5-12(13)16/h10-11,13-14H,3-9H2,1-2H3. The van der Waals surface area contributed by atoms with Gasteiger partial charge in [-0.2, -0.15) is 0 Å². The maximum absolute atomic E-state index is 11.8. The fourth-order valence-electron chi connectivity index (χ4n) is 4.42. The smallest absolute Gasteiger partial charge is 0.161 e. The molecule has 0 aromatic rings. The van der Waals surface area contributed by atoms with E-state index in [0.29, 0.717) is 23.2 Å². The Morgan fingerprint density at radius 1 is 1.18 bits per heavy atom. The average molecular weight is 236 g/mol. The summed E-state index contributed by atoms with van der Waals surface area (Å²) in [7, 11) is 0. The minimum Gasteiger partial charge on any atom is -0.367 e. The molecular weight excluding hydrogens is 212 g/mol. The van der Waals surface area contributed by atoms with Crippen LogP contribution in [0.3, 0.4) is 0 Å². The van der Waals surface area contributed by atoms with Crippen molar-refractivity contribution < 1.29 is 9.53 Å². The van der Waals surface area contributed by atoms with Crippen molar-refractivity contribution in [2.45, 2.75) is 71.0 Å². The van der Waals surface area contributed by atoms with E-state index in [9.17, 15) is 4.79 Å². The molecule has 96 valence electrons. The van der Waals surface area contributed by atoms with E-state index < -0.39 is 0 Å². The molecule has 2 heteroatoms. The number of rotatable bonds is 2. The zero-order chi connectivity index (χ0) is 12.0. The third kappa shape index (κ3) is 1.85. The zero-order valence-corrected chi connectivity index (χ0v) is 11.1. The summed E-state index contributed by atoms with van der Waals surface area (Å²) in [6.45, 7) is 4.78. The second-order valence-corrected chi connectivity index (χ2v) is 6.81. The molecule has 0 aromatic heterocycles. The van der Waals surface area contributed by atoms with Gasteiger partial charge in [0.2, 0.25) is 0 Å². The molecule has 3 fully saturated rings. The zero-order valence-electron chi connectivity index (χ0n) is 11.1. The van der Waals surface area contributed by atoms with Crippen LogP contribution in [0.25, 0.3) is 0 Å². The van der Waals surface area contributed by atoms with E-state index >= 15 is 0 Å². The number of carbonyl (C=O) groups excluding carboxylic acids is 1. The molecule has 3 aliphatic rings. The lowest BCUT2D eigenvalue weighted by Gasteiger charge is -2.30. The van der Waals surface area contributed by atoms with Gasteiger partial charge in [0.1, 0.15) is 6.10 Å². The van der Waals surface area contributed by atoms with Crippen molar-refractivity contribution in [3.05, 3.63) is 0 Å². The molecule has 0 aromatic carbocycles. The Morgan fingerprint density at radius 2 is 2.00 bits per heavy atom. The fourth-order valence-corrected chi connectivity index (χ4v) is 4.42. The summed E-state index contributed by atoms with van der Waals surface area (Å²) in [6, 6.07) is 0. The predicted molar refractivity (Wildman–Crippen MR) is 66.7 cm³/mol. The number of hydrogen-bond donors (Lipinski definition) is 0. The first-order valence-electron chi connectivity index (χ1n) is 7.27. The molecule has 2 bridgehead atoms. The molecule has 3 aliphatic carbocycles.